The molecule has 0 saturated heterocycles. The van der Waals surface area contributed by atoms with E-state index in [1.807, 2.05) is 29.2 Å². The highest BCUT2D eigenvalue weighted by atomic mass is 16.2. The second-order valence-electron chi connectivity index (χ2n) is 4.44. The first-order valence-corrected chi connectivity index (χ1v) is 6.30. The lowest BCUT2D eigenvalue weighted by atomic mass is 10.2. The third kappa shape index (κ3) is 2.42. The summed E-state index contributed by atoms with van der Waals surface area (Å²) < 4.78 is 1.54. The van der Waals surface area contributed by atoms with Crippen LogP contribution < -0.4 is 10.2 Å². The van der Waals surface area contributed by atoms with E-state index in [1.165, 1.54) is 6.33 Å². The van der Waals surface area contributed by atoms with Gasteiger partial charge in [-0.3, -0.25) is 4.79 Å². The fourth-order valence-electron chi connectivity index (χ4n) is 2.24. The van der Waals surface area contributed by atoms with Gasteiger partial charge < -0.3 is 10.2 Å². The number of aromatic nitrogens is 3. The predicted octanol–water partition coefficient (Wildman–Crippen LogP) is 1.13. The largest absolute Gasteiger partial charge is 0.383 e. The fraction of sp³-hybridized carbons (Fsp3) is 0.308. The lowest BCUT2D eigenvalue weighted by Crippen LogP contribution is -2.34. The second kappa shape index (κ2) is 5.09. The van der Waals surface area contributed by atoms with Gasteiger partial charge in [0.05, 0.1) is 11.4 Å². The minimum atomic E-state index is 0.0293. The number of fused-ring (bicyclic) bond motifs is 1. The predicted molar refractivity (Wildman–Crippen MR) is 71.9 cm³/mol. The molecule has 0 saturated carbocycles. The third-order valence-corrected chi connectivity index (χ3v) is 3.13. The molecule has 1 aromatic heterocycles. The average Bonchev–Trinajstić information content (AvgIpc) is 2.83. The van der Waals surface area contributed by atoms with Gasteiger partial charge in [-0.05, 0) is 18.6 Å². The van der Waals surface area contributed by atoms with E-state index >= 15 is 0 Å². The monoisotopic (exact) mass is 257 g/mol. The topological polar surface area (TPSA) is 63.1 Å². The van der Waals surface area contributed by atoms with Crippen LogP contribution in [0.2, 0.25) is 0 Å². The maximum Gasteiger partial charge on any atom is 0.248 e. The smallest absolute Gasteiger partial charge is 0.248 e. The van der Waals surface area contributed by atoms with E-state index in [2.05, 4.69) is 15.4 Å². The summed E-state index contributed by atoms with van der Waals surface area (Å²) >= 11 is 0. The molecular weight excluding hydrogens is 242 g/mol. The molecule has 0 atom stereocenters. The summed E-state index contributed by atoms with van der Waals surface area (Å²) in [7, 11) is 0. The van der Waals surface area contributed by atoms with Gasteiger partial charge in [-0.25, -0.2) is 9.67 Å². The van der Waals surface area contributed by atoms with Crippen LogP contribution in [0.1, 0.15) is 6.42 Å². The van der Waals surface area contributed by atoms with Gasteiger partial charge in [0.15, 0.2) is 0 Å². The van der Waals surface area contributed by atoms with Gasteiger partial charge >= 0.3 is 0 Å². The average molecular weight is 257 g/mol. The van der Waals surface area contributed by atoms with Gasteiger partial charge in [0.1, 0.15) is 19.2 Å². The molecule has 1 aliphatic rings. The van der Waals surface area contributed by atoms with Crippen molar-refractivity contribution >= 4 is 17.3 Å². The molecule has 2 aromatic rings. The Morgan fingerprint density at radius 2 is 2.26 bits per heavy atom. The molecule has 2 heterocycles. The number of anilines is 2. The minimum absolute atomic E-state index is 0.0293. The van der Waals surface area contributed by atoms with Crippen LogP contribution in [0.3, 0.4) is 0 Å². The van der Waals surface area contributed by atoms with Crippen LogP contribution >= 0.6 is 0 Å². The van der Waals surface area contributed by atoms with Crippen LogP contribution in [0.5, 0.6) is 0 Å². The van der Waals surface area contributed by atoms with Gasteiger partial charge in [0.2, 0.25) is 5.91 Å². The van der Waals surface area contributed by atoms with Gasteiger partial charge in [-0.1, -0.05) is 12.1 Å². The van der Waals surface area contributed by atoms with E-state index < -0.39 is 0 Å². The standard InChI is InChI=1S/C13H15N5O/c19-13(8-17-10-14-9-16-17)18-7-3-6-15-11-4-1-2-5-12(11)18/h1-2,4-5,9-10,15H,3,6-8H2. The number of nitrogens with zero attached hydrogens (tertiary/aromatic N) is 4. The Morgan fingerprint density at radius 1 is 1.37 bits per heavy atom. The van der Waals surface area contributed by atoms with E-state index in [0.717, 1.165) is 30.9 Å². The van der Waals surface area contributed by atoms with E-state index in [4.69, 9.17) is 0 Å². The number of amides is 1. The highest BCUT2D eigenvalue weighted by Gasteiger charge is 2.20. The molecule has 0 spiro atoms. The highest BCUT2D eigenvalue weighted by Crippen LogP contribution is 2.28. The molecule has 1 amide bonds. The summed E-state index contributed by atoms with van der Waals surface area (Å²) in [4.78, 5) is 18.1. The quantitative estimate of drug-likeness (QED) is 0.876. The van der Waals surface area contributed by atoms with Crippen LogP contribution in [-0.2, 0) is 11.3 Å². The van der Waals surface area contributed by atoms with Crippen molar-refractivity contribution in [3.63, 3.8) is 0 Å². The summed E-state index contributed by atoms with van der Waals surface area (Å²) in [5.74, 6) is 0.0293. The number of carbonyl (C=O) groups is 1. The molecule has 0 unspecified atom stereocenters. The van der Waals surface area contributed by atoms with E-state index in [-0.39, 0.29) is 12.5 Å². The van der Waals surface area contributed by atoms with Gasteiger partial charge in [-0.15, -0.1) is 0 Å². The van der Waals surface area contributed by atoms with Crippen LogP contribution in [0.4, 0.5) is 11.4 Å². The summed E-state index contributed by atoms with van der Waals surface area (Å²) in [6.07, 6.45) is 3.92. The number of hydrogen-bond acceptors (Lipinski definition) is 4. The molecular formula is C13H15N5O. The zero-order chi connectivity index (χ0) is 13.1. The summed E-state index contributed by atoms with van der Waals surface area (Å²) in [5, 5.41) is 7.31. The molecule has 1 aromatic carbocycles. The van der Waals surface area contributed by atoms with Crippen molar-refractivity contribution in [2.24, 2.45) is 0 Å². The molecule has 98 valence electrons. The van der Waals surface area contributed by atoms with Crippen molar-refractivity contribution in [3.8, 4) is 0 Å². The number of para-hydroxylation sites is 2. The molecule has 1 N–H and O–H groups in total. The van der Waals surface area contributed by atoms with Crippen LogP contribution in [0, 0.1) is 0 Å². The molecule has 19 heavy (non-hydrogen) atoms. The number of carbonyl (C=O) groups excluding carboxylic acids is 1. The summed E-state index contributed by atoms with van der Waals surface area (Å²) in [6, 6.07) is 7.88. The first kappa shape index (κ1) is 11.7. The third-order valence-electron chi connectivity index (χ3n) is 3.13. The van der Waals surface area contributed by atoms with Crippen LogP contribution in [0.25, 0.3) is 0 Å². The van der Waals surface area contributed by atoms with Gasteiger partial charge in [0.25, 0.3) is 0 Å². The number of nitrogens with one attached hydrogen (secondary N) is 1. The van der Waals surface area contributed by atoms with Gasteiger partial charge in [0, 0.05) is 13.1 Å². The van der Waals surface area contributed by atoms with Crippen molar-refractivity contribution in [3.05, 3.63) is 36.9 Å². The number of rotatable bonds is 2. The lowest BCUT2D eigenvalue weighted by molar-refractivity contribution is -0.119. The maximum absolute atomic E-state index is 12.4. The zero-order valence-electron chi connectivity index (χ0n) is 10.5. The SMILES string of the molecule is O=C(Cn1cncn1)N1CCCNc2ccccc21. The molecule has 0 bridgehead atoms. The molecule has 6 nitrogen and oxygen atoms in total. The Labute approximate surface area is 111 Å². The Morgan fingerprint density at radius 3 is 3.11 bits per heavy atom. The van der Waals surface area contributed by atoms with Crippen LogP contribution in [-0.4, -0.2) is 33.8 Å². The Hall–Kier alpha value is -2.37. The molecule has 6 heteroatoms. The zero-order valence-corrected chi connectivity index (χ0v) is 10.5. The molecule has 0 radical (unpaired) electrons. The van der Waals surface area contributed by atoms with Crippen molar-refractivity contribution in [2.45, 2.75) is 13.0 Å². The Balaban J connectivity index is 1.85. The lowest BCUT2D eigenvalue weighted by Gasteiger charge is -2.22. The first-order chi connectivity index (χ1) is 9.34. The van der Waals surface area contributed by atoms with E-state index in [1.54, 1.807) is 11.0 Å². The molecule has 0 fully saturated rings. The Bertz CT molecular complexity index is 566. The van der Waals surface area contributed by atoms with E-state index in [9.17, 15) is 4.79 Å². The van der Waals surface area contributed by atoms with Crippen molar-refractivity contribution < 1.29 is 4.79 Å². The van der Waals surface area contributed by atoms with Crippen LogP contribution in [0.15, 0.2) is 36.9 Å². The minimum Gasteiger partial charge on any atom is -0.383 e. The highest BCUT2D eigenvalue weighted by molar-refractivity contribution is 5.96. The molecule has 0 aliphatic carbocycles. The van der Waals surface area contributed by atoms with Gasteiger partial charge in [-0.2, -0.15) is 5.10 Å². The Kier molecular flexibility index (Phi) is 3.14. The molecule has 3 rings (SSSR count). The van der Waals surface area contributed by atoms with Crippen molar-refractivity contribution in [1.82, 2.24) is 14.8 Å². The maximum atomic E-state index is 12.4. The fourth-order valence-corrected chi connectivity index (χ4v) is 2.24. The molecule has 1 aliphatic heterocycles. The number of hydrogen-bond donors (Lipinski definition) is 1. The normalized spacial score (nSPS) is 14.4. The summed E-state index contributed by atoms with van der Waals surface area (Å²) in [5.41, 5.74) is 1.94. The van der Waals surface area contributed by atoms with E-state index in [0.29, 0.717) is 0 Å². The second-order valence-corrected chi connectivity index (χ2v) is 4.44. The first-order valence-electron chi connectivity index (χ1n) is 6.30. The summed E-state index contributed by atoms with van der Waals surface area (Å²) in [6.45, 7) is 1.82. The van der Waals surface area contributed by atoms with Crippen molar-refractivity contribution in [2.75, 3.05) is 23.3 Å². The van der Waals surface area contributed by atoms with Crippen molar-refractivity contribution in [1.29, 1.82) is 0 Å². The number of benzene rings is 1.